The number of para-hydroxylation sites is 1. The Morgan fingerprint density at radius 3 is 2.33 bits per heavy atom. The first kappa shape index (κ1) is 19.4. The molecule has 2 aromatic carbocycles. The molecule has 3 rings (SSSR count). The highest BCUT2D eigenvalue weighted by molar-refractivity contribution is 7.92. The Morgan fingerprint density at radius 1 is 1.04 bits per heavy atom. The molecular formula is C20H25N3O3S. The number of carbonyl (C=O) groups excluding carboxylic acids is 1. The van der Waals surface area contributed by atoms with Gasteiger partial charge in [0.2, 0.25) is 0 Å². The van der Waals surface area contributed by atoms with Gasteiger partial charge in [0.25, 0.3) is 15.9 Å². The van der Waals surface area contributed by atoms with Crippen molar-refractivity contribution in [2.45, 2.75) is 18.7 Å². The van der Waals surface area contributed by atoms with Gasteiger partial charge in [-0.1, -0.05) is 31.2 Å². The van der Waals surface area contributed by atoms with E-state index in [1.807, 2.05) is 6.07 Å². The van der Waals surface area contributed by atoms with E-state index in [-0.39, 0.29) is 10.8 Å². The number of sulfonamides is 1. The first-order valence-electron chi connectivity index (χ1n) is 9.11. The van der Waals surface area contributed by atoms with E-state index in [1.54, 1.807) is 48.2 Å². The van der Waals surface area contributed by atoms with Crippen LogP contribution in [-0.4, -0.2) is 56.8 Å². The predicted octanol–water partition coefficient (Wildman–Crippen LogP) is 2.57. The van der Waals surface area contributed by atoms with Gasteiger partial charge in [0.1, 0.15) is 0 Å². The van der Waals surface area contributed by atoms with Crippen LogP contribution in [0.4, 0.5) is 5.69 Å². The van der Waals surface area contributed by atoms with Gasteiger partial charge in [-0.25, -0.2) is 8.42 Å². The van der Waals surface area contributed by atoms with Gasteiger partial charge < -0.3 is 9.80 Å². The number of piperazine rings is 1. The lowest BCUT2D eigenvalue weighted by molar-refractivity contribution is 0.0643. The van der Waals surface area contributed by atoms with Crippen molar-refractivity contribution in [3.63, 3.8) is 0 Å². The quantitative estimate of drug-likeness (QED) is 0.856. The Bertz CT molecular complexity index is 905. The van der Waals surface area contributed by atoms with Gasteiger partial charge in [-0.3, -0.25) is 9.52 Å². The fourth-order valence-corrected chi connectivity index (χ4v) is 4.52. The Hall–Kier alpha value is -2.38. The topological polar surface area (TPSA) is 69.7 Å². The Balaban J connectivity index is 1.83. The van der Waals surface area contributed by atoms with Crippen LogP contribution in [0.2, 0.25) is 0 Å². The summed E-state index contributed by atoms with van der Waals surface area (Å²) in [4.78, 5) is 17.0. The maximum Gasteiger partial charge on any atom is 0.262 e. The summed E-state index contributed by atoms with van der Waals surface area (Å²) in [7, 11) is -3.77. The maximum atomic E-state index is 12.8. The average molecular weight is 388 g/mol. The lowest BCUT2D eigenvalue weighted by Gasteiger charge is -2.34. The SMILES string of the molecule is CCN1CCN(C(=O)c2ccc(C)c(S(=O)(=O)Nc3ccccc3)c2)CC1. The van der Waals surface area contributed by atoms with E-state index in [0.717, 1.165) is 19.6 Å². The Morgan fingerprint density at radius 2 is 1.70 bits per heavy atom. The summed E-state index contributed by atoms with van der Waals surface area (Å²) < 4.78 is 28.2. The molecule has 0 unspecified atom stereocenters. The number of likely N-dealkylation sites (N-methyl/N-ethyl adjacent to an activating group) is 1. The van der Waals surface area contributed by atoms with Gasteiger partial charge in [-0.15, -0.1) is 0 Å². The monoisotopic (exact) mass is 387 g/mol. The molecule has 1 aliphatic rings. The number of nitrogens with zero attached hydrogens (tertiary/aromatic N) is 2. The Labute approximate surface area is 160 Å². The molecule has 0 spiro atoms. The second kappa shape index (κ2) is 8.10. The highest BCUT2D eigenvalue weighted by Crippen LogP contribution is 2.22. The molecule has 2 aromatic rings. The van der Waals surface area contributed by atoms with Crippen molar-refractivity contribution < 1.29 is 13.2 Å². The summed E-state index contributed by atoms with van der Waals surface area (Å²) in [5.74, 6) is -0.123. The van der Waals surface area contributed by atoms with E-state index in [4.69, 9.17) is 0 Å². The highest BCUT2D eigenvalue weighted by atomic mass is 32.2. The third-order valence-corrected chi connectivity index (χ3v) is 6.38. The van der Waals surface area contributed by atoms with Crippen molar-refractivity contribution in [1.82, 2.24) is 9.80 Å². The summed E-state index contributed by atoms with van der Waals surface area (Å²) in [5.41, 5.74) is 1.49. The van der Waals surface area contributed by atoms with Gasteiger partial charge in [0.15, 0.2) is 0 Å². The van der Waals surface area contributed by atoms with Gasteiger partial charge in [-0.05, 0) is 43.3 Å². The van der Waals surface area contributed by atoms with Crippen LogP contribution in [0.1, 0.15) is 22.8 Å². The zero-order chi connectivity index (χ0) is 19.4. The number of nitrogens with one attached hydrogen (secondary N) is 1. The number of hydrogen-bond donors (Lipinski definition) is 1. The van der Waals surface area contributed by atoms with Gasteiger partial charge in [0.05, 0.1) is 4.90 Å². The van der Waals surface area contributed by atoms with Crippen molar-refractivity contribution >= 4 is 21.6 Å². The summed E-state index contributed by atoms with van der Waals surface area (Å²) in [6, 6.07) is 13.6. The van der Waals surface area contributed by atoms with Crippen molar-refractivity contribution in [3.05, 3.63) is 59.7 Å². The first-order valence-corrected chi connectivity index (χ1v) is 10.6. The molecule has 1 aliphatic heterocycles. The molecule has 1 N–H and O–H groups in total. The molecule has 0 saturated carbocycles. The zero-order valence-corrected chi connectivity index (χ0v) is 16.5. The van der Waals surface area contributed by atoms with Gasteiger partial charge >= 0.3 is 0 Å². The first-order chi connectivity index (χ1) is 12.9. The second-order valence-corrected chi connectivity index (χ2v) is 8.33. The maximum absolute atomic E-state index is 12.8. The van der Waals surface area contributed by atoms with Crippen molar-refractivity contribution in [1.29, 1.82) is 0 Å². The van der Waals surface area contributed by atoms with Gasteiger partial charge in [-0.2, -0.15) is 0 Å². The minimum Gasteiger partial charge on any atom is -0.336 e. The van der Waals surface area contributed by atoms with E-state index in [9.17, 15) is 13.2 Å². The smallest absolute Gasteiger partial charge is 0.262 e. The minimum atomic E-state index is -3.77. The number of anilines is 1. The number of hydrogen-bond acceptors (Lipinski definition) is 4. The van der Waals surface area contributed by atoms with Crippen LogP contribution in [0.5, 0.6) is 0 Å². The number of amides is 1. The van der Waals surface area contributed by atoms with Gasteiger partial charge in [0, 0.05) is 37.4 Å². The average Bonchev–Trinajstić information content (AvgIpc) is 2.68. The number of rotatable bonds is 5. The molecular weight excluding hydrogens is 362 g/mol. The van der Waals surface area contributed by atoms with Crippen LogP contribution >= 0.6 is 0 Å². The van der Waals surface area contributed by atoms with E-state index < -0.39 is 10.0 Å². The minimum absolute atomic E-state index is 0.123. The molecule has 0 bridgehead atoms. The van der Waals surface area contributed by atoms with E-state index in [2.05, 4.69) is 16.5 Å². The fourth-order valence-electron chi connectivity index (χ4n) is 3.19. The molecule has 1 fully saturated rings. The molecule has 1 amide bonds. The second-order valence-electron chi connectivity index (χ2n) is 6.68. The lowest BCUT2D eigenvalue weighted by atomic mass is 10.1. The molecule has 6 nitrogen and oxygen atoms in total. The third-order valence-electron chi connectivity index (χ3n) is 4.86. The number of aryl methyl sites for hydroxylation is 1. The predicted molar refractivity (Wildman–Crippen MR) is 106 cm³/mol. The van der Waals surface area contributed by atoms with Crippen molar-refractivity contribution in [2.75, 3.05) is 37.4 Å². The number of carbonyl (C=O) groups is 1. The molecule has 1 heterocycles. The van der Waals surface area contributed by atoms with E-state index in [1.165, 1.54) is 6.07 Å². The largest absolute Gasteiger partial charge is 0.336 e. The summed E-state index contributed by atoms with van der Waals surface area (Å²) in [6.07, 6.45) is 0. The zero-order valence-electron chi connectivity index (χ0n) is 15.7. The van der Waals surface area contributed by atoms with Crippen LogP contribution in [0.25, 0.3) is 0 Å². The summed E-state index contributed by atoms with van der Waals surface area (Å²) >= 11 is 0. The number of benzene rings is 2. The molecule has 27 heavy (non-hydrogen) atoms. The van der Waals surface area contributed by atoms with Crippen LogP contribution in [0, 0.1) is 6.92 Å². The fraction of sp³-hybridized carbons (Fsp3) is 0.350. The molecule has 144 valence electrons. The molecule has 0 aliphatic carbocycles. The van der Waals surface area contributed by atoms with Crippen molar-refractivity contribution in [2.24, 2.45) is 0 Å². The molecule has 0 atom stereocenters. The molecule has 0 radical (unpaired) electrons. The summed E-state index contributed by atoms with van der Waals surface area (Å²) in [6.45, 7) is 7.81. The van der Waals surface area contributed by atoms with Crippen molar-refractivity contribution in [3.8, 4) is 0 Å². The van der Waals surface area contributed by atoms with Crippen LogP contribution in [0.15, 0.2) is 53.4 Å². The van der Waals surface area contributed by atoms with E-state index >= 15 is 0 Å². The summed E-state index contributed by atoms with van der Waals surface area (Å²) in [5, 5.41) is 0. The normalized spacial score (nSPS) is 15.6. The third kappa shape index (κ3) is 4.48. The highest BCUT2D eigenvalue weighted by Gasteiger charge is 2.24. The molecule has 7 heteroatoms. The van der Waals surface area contributed by atoms with Crippen LogP contribution in [-0.2, 0) is 10.0 Å². The van der Waals surface area contributed by atoms with E-state index in [0.29, 0.717) is 29.9 Å². The lowest BCUT2D eigenvalue weighted by Crippen LogP contribution is -2.48. The standard InChI is InChI=1S/C20H25N3O3S/c1-3-22-11-13-23(14-12-22)20(24)17-10-9-16(2)19(15-17)27(25,26)21-18-7-5-4-6-8-18/h4-10,15,21H,3,11-14H2,1-2H3. The Kier molecular flexibility index (Phi) is 5.82. The van der Waals surface area contributed by atoms with Crippen LogP contribution in [0.3, 0.4) is 0 Å². The molecule has 1 saturated heterocycles. The van der Waals surface area contributed by atoms with Crippen LogP contribution < -0.4 is 4.72 Å². The molecule has 0 aromatic heterocycles.